The number of hydrogen-bond donors (Lipinski definition) is 3. The average Bonchev–Trinajstić information content (AvgIpc) is 4.12. The van der Waals surface area contributed by atoms with Gasteiger partial charge >= 0.3 is 12.1 Å². The average molecular weight is 1130 g/mol. The molecular formula is C56H56F2N12O8S2. The van der Waals surface area contributed by atoms with Crippen molar-refractivity contribution in [3.8, 4) is 0 Å². The molecule has 4 fully saturated rings. The second-order valence-electron chi connectivity index (χ2n) is 21.1. The number of carbonyl (C=O) groups is 6. The number of thiophene rings is 2. The number of benzene rings is 2. The van der Waals surface area contributed by atoms with Gasteiger partial charge in [0.2, 0.25) is 17.8 Å². The number of anilines is 2. The Morgan fingerprint density at radius 2 is 1.35 bits per heavy atom. The molecule has 4 N–H and O–H groups in total. The SMILES string of the molecule is COC(=O)C(=O)c1cn(C(=O)OC(C)(C)C)c2sccc12.NC(=O)Cc1nc(N2CCN3CCC[C@@H]3C2)nc2cccc(F)c12.O=C1NC(=O)C(c2nc(N3CCN4CCC[C@@H]4C3)nc3cccc(F)c23)=C1c1c[nH]c2sccc12. The van der Waals surface area contributed by atoms with Gasteiger partial charge in [0.1, 0.15) is 26.9 Å². The van der Waals surface area contributed by atoms with E-state index in [4.69, 9.17) is 20.4 Å². The number of primary amides is 1. The van der Waals surface area contributed by atoms with E-state index in [2.05, 4.69) is 44.6 Å². The number of esters is 1. The topological polar surface area (TPSA) is 244 Å². The van der Waals surface area contributed by atoms with Crippen molar-refractivity contribution >= 4 is 124 Å². The van der Waals surface area contributed by atoms with E-state index in [-0.39, 0.29) is 34.2 Å². The molecule has 2 aromatic carbocycles. The zero-order chi connectivity index (χ0) is 56.1. The van der Waals surface area contributed by atoms with Crippen LogP contribution in [-0.2, 0) is 35.1 Å². The van der Waals surface area contributed by atoms with Crippen molar-refractivity contribution in [2.45, 2.75) is 70.6 Å². The number of hydrogen-bond acceptors (Lipinski definition) is 18. The van der Waals surface area contributed by atoms with Crippen LogP contribution in [0.2, 0.25) is 0 Å². The molecular weight excluding hydrogens is 1070 g/mol. The number of nitrogens with one attached hydrogen (secondary N) is 2. The molecule has 5 aliphatic rings. The van der Waals surface area contributed by atoms with Crippen molar-refractivity contribution in [1.82, 2.24) is 44.6 Å². The molecule has 0 bridgehead atoms. The lowest BCUT2D eigenvalue weighted by molar-refractivity contribution is -0.135. The van der Waals surface area contributed by atoms with Crippen molar-refractivity contribution in [2.75, 3.05) is 69.3 Å². The molecule has 0 unspecified atom stereocenters. The Bertz CT molecular complexity index is 3840. The van der Waals surface area contributed by atoms with Crippen molar-refractivity contribution in [2.24, 2.45) is 5.73 Å². The smallest absolute Gasteiger partial charge is 0.419 e. The number of methoxy groups -OCH3 is 1. The van der Waals surface area contributed by atoms with Crippen LogP contribution in [0.5, 0.6) is 0 Å². The largest absolute Gasteiger partial charge is 0.463 e. The Hall–Kier alpha value is -8.06. The lowest BCUT2D eigenvalue weighted by Crippen LogP contribution is -2.50. The van der Waals surface area contributed by atoms with Crippen LogP contribution in [-0.4, -0.2) is 152 Å². The Morgan fingerprint density at radius 1 is 0.750 bits per heavy atom. The minimum atomic E-state index is -0.968. The highest BCUT2D eigenvalue weighted by Crippen LogP contribution is 2.39. The fraction of sp³-hybridized carbons (Fsp3) is 0.357. The minimum absolute atomic E-state index is 0.0837. The summed E-state index contributed by atoms with van der Waals surface area (Å²) >= 11 is 2.79. The first kappa shape index (κ1) is 53.9. The fourth-order valence-corrected chi connectivity index (χ4v) is 12.9. The van der Waals surface area contributed by atoms with Crippen molar-refractivity contribution < 1.29 is 47.0 Å². The highest BCUT2D eigenvalue weighted by atomic mass is 32.1. The summed E-state index contributed by atoms with van der Waals surface area (Å²) in [4.78, 5) is 105. The lowest BCUT2D eigenvalue weighted by Gasteiger charge is -2.37. The van der Waals surface area contributed by atoms with E-state index in [1.54, 1.807) is 62.7 Å². The van der Waals surface area contributed by atoms with Crippen LogP contribution in [0.25, 0.3) is 53.4 Å². The number of piperazine rings is 2. The first-order valence-electron chi connectivity index (χ1n) is 26.2. The van der Waals surface area contributed by atoms with Gasteiger partial charge in [-0.1, -0.05) is 12.1 Å². The summed E-state index contributed by atoms with van der Waals surface area (Å²) in [5.74, 6) is -3.30. The minimum Gasteiger partial charge on any atom is -0.463 e. The highest BCUT2D eigenvalue weighted by molar-refractivity contribution is 7.17. The number of H-pyrrole nitrogens is 1. The standard InChI is InChI=1S/C25H21FN6O2S.C17H20FN5O.C14H15NO5S/c26-16-4-1-5-17-19(16)21(29-25(28-17)32-9-8-31-7-2-3-13(31)12-32)20-18(22(33)30-23(20)34)15-11-27-24-14(15)6-10-35-24;18-12-4-1-5-13-16(12)14(9-15(19)24)21-17(20-13)23-8-7-22-6-2-3-11(22)10-23;1-14(2,3)20-13(18)15-7-9(10(16)12(17)19-4)8-5-6-21-11(8)15/h1,4-6,10-11,13,27H,2-3,7-9,12H2,(H,30,33,34);1,4-5,11H,2-3,6-10H2,(H2,19,24);5-7H,1-4H3/t13-;11-;/m11./s1. The van der Waals surface area contributed by atoms with Crippen LogP contribution in [0.3, 0.4) is 0 Å². The summed E-state index contributed by atoms with van der Waals surface area (Å²) < 4.78 is 40.4. The monoisotopic (exact) mass is 1130 g/mol. The second-order valence-corrected chi connectivity index (χ2v) is 22.9. The molecule has 13 rings (SSSR count). The van der Waals surface area contributed by atoms with Crippen LogP contribution in [0.4, 0.5) is 25.5 Å². The number of Topliss-reactive ketones (excluding diaryl/α,β-unsaturated/α-hetero) is 1. The molecule has 5 aliphatic heterocycles. The zero-order valence-corrected chi connectivity index (χ0v) is 45.8. The maximum atomic E-state index is 15.2. The lowest BCUT2D eigenvalue weighted by atomic mass is 9.97. The van der Waals surface area contributed by atoms with Gasteiger partial charge in [0, 0.05) is 80.1 Å². The van der Waals surface area contributed by atoms with Gasteiger partial charge in [-0.25, -0.2) is 42.9 Å². The van der Waals surface area contributed by atoms with E-state index in [1.165, 1.54) is 64.8 Å². The van der Waals surface area contributed by atoms with Gasteiger partial charge < -0.3 is 30.0 Å². The molecule has 8 aromatic rings. The number of nitrogens with two attached hydrogens (primary N) is 1. The van der Waals surface area contributed by atoms with Crippen LogP contribution in [0, 0.1) is 11.6 Å². The van der Waals surface area contributed by atoms with Crippen LogP contribution >= 0.6 is 22.7 Å². The van der Waals surface area contributed by atoms with Gasteiger partial charge in [-0.2, -0.15) is 0 Å². The maximum absolute atomic E-state index is 15.2. The number of carbonyl (C=O) groups excluding carboxylic acids is 6. The number of amides is 3. The van der Waals surface area contributed by atoms with Gasteiger partial charge in [-0.05, 0) is 107 Å². The third kappa shape index (κ3) is 10.5. The maximum Gasteiger partial charge on any atom is 0.419 e. The predicted octanol–water partition coefficient (Wildman–Crippen LogP) is 7.09. The van der Waals surface area contributed by atoms with Crippen molar-refractivity contribution in [3.05, 3.63) is 106 Å². The molecule has 0 aliphatic carbocycles. The zero-order valence-electron chi connectivity index (χ0n) is 44.2. The number of ether oxygens (including phenoxy) is 2. The van der Waals surface area contributed by atoms with E-state index in [0.717, 1.165) is 76.1 Å². The molecule has 4 saturated heterocycles. The summed E-state index contributed by atoms with van der Waals surface area (Å²) in [5.41, 5.74) is 7.13. The van der Waals surface area contributed by atoms with E-state index in [1.807, 2.05) is 11.4 Å². The van der Waals surface area contributed by atoms with Crippen LogP contribution in [0.15, 0.2) is 71.7 Å². The molecule has 11 heterocycles. The number of rotatable bonds is 8. The summed E-state index contributed by atoms with van der Waals surface area (Å²) in [7, 11) is 1.13. The number of aromatic amines is 1. The van der Waals surface area contributed by atoms with Gasteiger partial charge in [0.25, 0.3) is 17.6 Å². The number of halogens is 2. The molecule has 0 radical (unpaired) electrons. The first-order chi connectivity index (χ1) is 38.4. The summed E-state index contributed by atoms with van der Waals surface area (Å²) in [6.45, 7) is 12.7. The third-order valence-corrected chi connectivity index (χ3v) is 16.6. The number of aromatic nitrogens is 6. The Morgan fingerprint density at radius 3 is 1.99 bits per heavy atom. The van der Waals surface area contributed by atoms with Crippen molar-refractivity contribution in [1.29, 1.82) is 0 Å². The Labute approximate surface area is 464 Å². The third-order valence-electron chi connectivity index (χ3n) is 14.8. The van der Waals surface area contributed by atoms with Crippen LogP contribution in [0.1, 0.15) is 73.8 Å². The Kier molecular flexibility index (Phi) is 14.7. The van der Waals surface area contributed by atoms with E-state index in [9.17, 15) is 33.2 Å². The number of imide groups is 1. The normalized spacial score (nSPS) is 18.5. The number of fused-ring (bicyclic) bond motifs is 6. The molecule has 24 heteroatoms. The first-order valence-corrected chi connectivity index (χ1v) is 28.0. The molecule has 414 valence electrons. The number of nitrogens with zero attached hydrogens (tertiary/aromatic N) is 9. The van der Waals surface area contributed by atoms with E-state index >= 15 is 4.39 Å². The molecule has 3 amide bonds. The second kappa shape index (κ2) is 21.9. The molecule has 2 atom stereocenters. The fourth-order valence-electron chi connectivity index (χ4n) is 11.2. The predicted molar refractivity (Wildman–Crippen MR) is 299 cm³/mol. The van der Waals surface area contributed by atoms with Crippen LogP contribution < -0.4 is 20.9 Å². The molecule has 0 spiro atoms. The van der Waals surface area contributed by atoms with Gasteiger partial charge in [-0.15, -0.1) is 22.7 Å². The highest BCUT2D eigenvalue weighted by Gasteiger charge is 2.38. The molecule has 20 nitrogen and oxygen atoms in total. The Balaban J connectivity index is 0.000000132. The summed E-state index contributed by atoms with van der Waals surface area (Å²) in [6, 6.07) is 13.9. The summed E-state index contributed by atoms with van der Waals surface area (Å²) in [6.07, 6.45) is 7.07. The van der Waals surface area contributed by atoms with Gasteiger partial charge in [0.15, 0.2) is 0 Å². The quantitative estimate of drug-likeness (QED) is 0.0595. The summed E-state index contributed by atoms with van der Waals surface area (Å²) in [5, 5.41) is 7.86. The molecule has 80 heavy (non-hydrogen) atoms. The van der Waals surface area contributed by atoms with E-state index in [0.29, 0.717) is 61.9 Å². The van der Waals surface area contributed by atoms with E-state index < -0.39 is 52.8 Å². The molecule has 6 aromatic heterocycles. The molecule has 0 saturated carbocycles. The number of ketones is 1. The van der Waals surface area contributed by atoms with Gasteiger partial charge in [0.05, 0.1) is 63.4 Å². The van der Waals surface area contributed by atoms with Gasteiger partial charge in [-0.3, -0.25) is 34.3 Å². The van der Waals surface area contributed by atoms with Crippen molar-refractivity contribution in [3.63, 3.8) is 0 Å².